The summed E-state index contributed by atoms with van der Waals surface area (Å²) in [5, 5.41) is 12.1. The number of aryl methyl sites for hydroxylation is 1. The van der Waals surface area contributed by atoms with Gasteiger partial charge in [0.15, 0.2) is 0 Å². The standard InChI is InChI=1S/C16H16FNO3/c1-10-7-13(17)5-3-12(10)9-18-14-8-11(16(19)20)4-6-15(14)21-2/h3-8,18H,9H2,1-2H3,(H,19,20). The average molecular weight is 289 g/mol. The monoisotopic (exact) mass is 289 g/mol. The van der Waals surface area contributed by atoms with Crippen LogP contribution in [-0.4, -0.2) is 18.2 Å². The van der Waals surface area contributed by atoms with Crippen LogP contribution in [0.5, 0.6) is 5.75 Å². The molecule has 0 aliphatic rings. The maximum Gasteiger partial charge on any atom is 0.335 e. The Morgan fingerprint density at radius 2 is 2.05 bits per heavy atom. The van der Waals surface area contributed by atoms with Gasteiger partial charge in [0.05, 0.1) is 18.4 Å². The number of aromatic carboxylic acids is 1. The molecule has 0 bridgehead atoms. The Bertz CT molecular complexity index is 671. The van der Waals surface area contributed by atoms with E-state index < -0.39 is 5.97 Å². The molecule has 2 aromatic carbocycles. The van der Waals surface area contributed by atoms with Crippen LogP contribution >= 0.6 is 0 Å². The molecule has 0 aromatic heterocycles. The molecule has 2 aromatic rings. The number of halogens is 1. The smallest absolute Gasteiger partial charge is 0.335 e. The Hall–Kier alpha value is -2.56. The lowest BCUT2D eigenvalue weighted by Crippen LogP contribution is -2.05. The van der Waals surface area contributed by atoms with Crippen molar-refractivity contribution in [2.45, 2.75) is 13.5 Å². The third-order valence-electron chi connectivity index (χ3n) is 3.22. The summed E-state index contributed by atoms with van der Waals surface area (Å²) in [6, 6.07) is 9.15. The second-order valence-corrected chi connectivity index (χ2v) is 4.64. The second kappa shape index (κ2) is 6.26. The van der Waals surface area contributed by atoms with Crippen molar-refractivity contribution in [3.05, 3.63) is 58.9 Å². The SMILES string of the molecule is COc1ccc(C(=O)O)cc1NCc1ccc(F)cc1C. The molecule has 0 radical (unpaired) electrons. The number of hydrogen-bond acceptors (Lipinski definition) is 3. The molecular weight excluding hydrogens is 273 g/mol. The molecular formula is C16H16FNO3. The molecule has 2 rings (SSSR count). The lowest BCUT2D eigenvalue weighted by molar-refractivity contribution is 0.0697. The van der Waals surface area contributed by atoms with Crippen molar-refractivity contribution in [3.8, 4) is 5.75 Å². The van der Waals surface area contributed by atoms with E-state index in [1.54, 1.807) is 12.1 Å². The van der Waals surface area contributed by atoms with E-state index in [1.165, 1.54) is 31.4 Å². The fourth-order valence-corrected chi connectivity index (χ4v) is 2.03. The first-order valence-electron chi connectivity index (χ1n) is 6.41. The predicted molar refractivity (Wildman–Crippen MR) is 78.4 cm³/mol. The van der Waals surface area contributed by atoms with Crippen LogP contribution in [0.1, 0.15) is 21.5 Å². The molecule has 21 heavy (non-hydrogen) atoms. The minimum atomic E-state index is -1.00. The van der Waals surface area contributed by atoms with Gasteiger partial charge in [-0.3, -0.25) is 0 Å². The summed E-state index contributed by atoms with van der Waals surface area (Å²) in [7, 11) is 1.52. The number of carbonyl (C=O) groups is 1. The highest BCUT2D eigenvalue weighted by Gasteiger charge is 2.09. The van der Waals surface area contributed by atoms with E-state index >= 15 is 0 Å². The Balaban J connectivity index is 2.22. The topological polar surface area (TPSA) is 58.6 Å². The van der Waals surface area contributed by atoms with Crippen molar-refractivity contribution >= 4 is 11.7 Å². The molecule has 0 amide bonds. The predicted octanol–water partition coefficient (Wildman–Crippen LogP) is 3.45. The van der Waals surface area contributed by atoms with Crippen LogP contribution in [0.25, 0.3) is 0 Å². The molecule has 0 aliphatic carbocycles. The number of methoxy groups -OCH3 is 1. The van der Waals surface area contributed by atoms with Gasteiger partial charge in [-0.25, -0.2) is 9.18 Å². The molecule has 0 heterocycles. The Morgan fingerprint density at radius 1 is 1.29 bits per heavy atom. The van der Waals surface area contributed by atoms with Crippen LogP contribution in [0, 0.1) is 12.7 Å². The summed E-state index contributed by atoms with van der Waals surface area (Å²) < 4.78 is 18.3. The average Bonchev–Trinajstić information content (AvgIpc) is 2.46. The van der Waals surface area contributed by atoms with Crippen LogP contribution in [0.15, 0.2) is 36.4 Å². The number of carboxylic acid groups (broad SMARTS) is 1. The molecule has 0 fully saturated rings. The van der Waals surface area contributed by atoms with Crippen molar-refractivity contribution in [2.75, 3.05) is 12.4 Å². The fraction of sp³-hybridized carbons (Fsp3) is 0.188. The largest absolute Gasteiger partial charge is 0.495 e. The molecule has 4 nitrogen and oxygen atoms in total. The van der Waals surface area contributed by atoms with Crippen molar-refractivity contribution in [1.29, 1.82) is 0 Å². The summed E-state index contributed by atoms with van der Waals surface area (Å²) in [6.07, 6.45) is 0. The highest BCUT2D eigenvalue weighted by molar-refractivity contribution is 5.89. The van der Waals surface area contributed by atoms with Crippen LogP contribution in [0.3, 0.4) is 0 Å². The van der Waals surface area contributed by atoms with Crippen molar-refractivity contribution < 1.29 is 19.0 Å². The van der Waals surface area contributed by atoms with Crippen LogP contribution in [0.4, 0.5) is 10.1 Å². The van der Waals surface area contributed by atoms with E-state index in [0.29, 0.717) is 18.0 Å². The summed E-state index contributed by atoms with van der Waals surface area (Å²) in [5.41, 5.74) is 2.52. The van der Waals surface area contributed by atoms with E-state index in [1.807, 2.05) is 6.92 Å². The zero-order valence-electron chi connectivity index (χ0n) is 11.8. The van der Waals surface area contributed by atoms with E-state index in [-0.39, 0.29) is 11.4 Å². The number of ether oxygens (including phenoxy) is 1. The van der Waals surface area contributed by atoms with Gasteiger partial charge in [0, 0.05) is 6.54 Å². The van der Waals surface area contributed by atoms with Gasteiger partial charge in [0.1, 0.15) is 11.6 Å². The first-order valence-corrected chi connectivity index (χ1v) is 6.41. The van der Waals surface area contributed by atoms with Gasteiger partial charge < -0.3 is 15.2 Å². The van der Waals surface area contributed by atoms with Crippen molar-refractivity contribution in [2.24, 2.45) is 0 Å². The number of benzene rings is 2. The number of nitrogens with one attached hydrogen (secondary N) is 1. The van der Waals surface area contributed by atoms with E-state index in [9.17, 15) is 9.18 Å². The molecule has 5 heteroatoms. The quantitative estimate of drug-likeness (QED) is 0.885. The van der Waals surface area contributed by atoms with E-state index in [2.05, 4.69) is 5.32 Å². The van der Waals surface area contributed by atoms with Crippen molar-refractivity contribution in [1.82, 2.24) is 0 Å². The second-order valence-electron chi connectivity index (χ2n) is 4.64. The minimum absolute atomic E-state index is 0.175. The number of rotatable bonds is 5. The maximum atomic E-state index is 13.1. The van der Waals surface area contributed by atoms with E-state index in [4.69, 9.17) is 9.84 Å². The van der Waals surface area contributed by atoms with Crippen LogP contribution < -0.4 is 10.1 Å². The number of hydrogen-bond donors (Lipinski definition) is 2. The molecule has 2 N–H and O–H groups in total. The Morgan fingerprint density at radius 3 is 2.67 bits per heavy atom. The number of anilines is 1. The highest BCUT2D eigenvalue weighted by Crippen LogP contribution is 2.26. The third kappa shape index (κ3) is 3.51. The van der Waals surface area contributed by atoms with Crippen LogP contribution in [0.2, 0.25) is 0 Å². The summed E-state index contributed by atoms with van der Waals surface area (Å²) in [5.74, 6) is -0.722. The summed E-state index contributed by atoms with van der Waals surface area (Å²) in [4.78, 5) is 11.0. The maximum absolute atomic E-state index is 13.1. The third-order valence-corrected chi connectivity index (χ3v) is 3.22. The Labute approximate surface area is 122 Å². The van der Waals surface area contributed by atoms with Gasteiger partial charge in [-0.05, 0) is 48.4 Å². The highest BCUT2D eigenvalue weighted by atomic mass is 19.1. The Kier molecular flexibility index (Phi) is 4.42. The first-order chi connectivity index (χ1) is 10.0. The van der Waals surface area contributed by atoms with Gasteiger partial charge in [-0.15, -0.1) is 0 Å². The van der Waals surface area contributed by atoms with Gasteiger partial charge in [-0.1, -0.05) is 6.07 Å². The molecule has 0 unspecified atom stereocenters. The molecule has 0 aliphatic heterocycles. The molecule has 0 spiro atoms. The normalized spacial score (nSPS) is 10.2. The molecule has 110 valence electrons. The number of carboxylic acids is 1. The molecule has 0 saturated heterocycles. The van der Waals surface area contributed by atoms with Gasteiger partial charge in [0.2, 0.25) is 0 Å². The van der Waals surface area contributed by atoms with E-state index in [0.717, 1.165) is 11.1 Å². The summed E-state index contributed by atoms with van der Waals surface area (Å²) >= 11 is 0. The molecule has 0 saturated carbocycles. The minimum Gasteiger partial charge on any atom is -0.495 e. The first kappa shape index (κ1) is 14.8. The fourth-order valence-electron chi connectivity index (χ4n) is 2.03. The van der Waals surface area contributed by atoms with Gasteiger partial charge >= 0.3 is 5.97 Å². The molecule has 0 atom stereocenters. The van der Waals surface area contributed by atoms with Crippen LogP contribution in [-0.2, 0) is 6.54 Å². The van der Waals surface area contributed by atoms with Gasteiger partial charge in [0.25, 0.3) is 0 Å². The van der Waals surface area contributed by atoms with Gasteiger partial charge in [-0.2, -0.15) is 0 Å². The zero-order chi connectivity index (χ0) is 15.4. The zero-order valence-corrected chi connectivity index (χ0v) is 11.8. The van der Waals surface area contributed by atoms with Crippen molar-refractivity contribution in [3.63, 3.8) is 0 Å². The lowest BCUT2D eigenvalue weighted by atomic mass is 10.1. The summed E-state index contributed by atoms with van der Waals surface area (Å²) in [6.45, 7) is 2.27. The lowest BCUT2D eigenvalue weighted by Gasteiger charge is -2.13.